The lowest BCUT2D eigenvalue weighted by Gasteiger charge is -2.09. The Kier molecular flexibility index (Phi) is 3.42. The van der Waals surface area contributed by atoms with Crippen molar-refractivity contribution >= 4 is 0 Å². The third-order valence-electron chi connectivity index (χ3n) is 2.17. The Hall–Kier alpha value is -0.690. The quantitative estimate of drug-likeness (QED) is 0.659. The largest absolute Gasteiger partial charge is 0.345 e. The predicted molar refractivity (Wildman–Crippen MR) is 38.4 cm³/mol. The Balaban J connectivity index is 2.22. The monoisotopic (exact) mass is 175 g/mol. The zero-order valence-corrected chi connectivity index (χ0v) is 6.67. The smallest absolute Gasteiger partial charge is 0.320 e. The van der Waals surface area contributed by atoms with Crippen molar-refractivity contribution in [1.82, 2.24) is 0 Å². The van der Waals surface area contributed by atoms with E-state index in [1.54, 1.807) is 0 Å². The molecule has 1 aliphatic carbocycles. The Morgan fingerprint density at radius 3 is 2.83 bits per heavy atom. The average molecular weight is 175 g/mol. The van der Waals surface area contributed by atoms with E-state index in [4.69, 9.17) is 5.26 Å². The molecule has 0 heterocycles. The van der Waals surface area contributed by atoms with Gasteiger partial charge in [0.25, 0.3) is 0 Å². The highest BCUT2D eigenvalue weighted by Gasteiger charge is 2.27. The van der Waals surface area contributed by atoms with Gasteiger partial charge in [-0.15, -0.1) is 0 Å². The number of alkyl halides is 2. The minimum atomic E-state index is -2.67. The molecule has 0 bridgehead atoms. The van der Waals surface area contributed by atoms with Crippen LogP contribution in [0.3, 0.4) is 0 Å². The Labute approximate surface area is 70.1 Å². The molecule has 0 aromatic rings. The zero-order valence-electron chi connectivity index (χ0n) is 6.67. The molecule has 0 radical (unpaired) electrons. The molecule has 0 N–H and O–H groups in total. The van der Waals surface area contributed by atoms with Crippen molar-refractivity contribution in [3.63, 3.8) is 0 Å². The normalized spacial score (nSPS) is 29.2. The Morgan fingerprint density at radius 1 is 1.50 bits per heavy atom. The summed E-state index contributed by atoms with van der Waals surface area (Å²) >= 11 is 0. The first-order valence-electron chi connectivity index (χ1n) is 4.03. The third-order valence-corrected chi connectivity index (χ3v) is 2.17. The fraction of sp³-hybridized carbons (Fsp3) is 0.875. The molecular formula is C8H11F2NO. The van der Waals surface area contributed by atoms with Gasteiger partial charge in [0.1, 0.15) is 0 Å². The van der Waals surface area contributed by atoms with Gasteiger partial charge in [0, 0.05) is 6.42 Å². The van der Waals surface area contributed by atoms with Crippen LogP contribution in [0.1, 0.15) is 25.7 Å². The summed E-state index contributed by atoms with van der Waals surface area (Å²) in [5, 5.41) is 8.36. The number of halogens is 2. The Morgan fingerprint density at radius 2 is 2.25 bits per heavy atom. The fourth-order valence-electron chi connectivity index (χ4n) is 1.61. The van der Waals surface area contributed by atoms with E-state index in [9.17, 15) is 8.78 Å². The van der Waals surface area contributed by atoms with Gasteiger partial charge in [0.2, 0.25) is 0 Å². The maximum Gasteiger partial charge on any atom is 0.345 e. The molecule has 0 spiro atoms. The number of hydrogen-bond acceptors (Lipinski definition) is 2. The van der Waals surface area contributed by atoms with Gasteiger partial charge in [-0.25, -0.2) is 0 Å². The molecule has 2 nitrogen and oxygen atoms in total. The highest BCUT2D eigenvalue weighted by Crippen LogP contribution is 2.30. The van der Waals surface area contributed by atoms with E-state index in [1.165, 1.54) is 0 Å². The fourth-order valence-corrected chi connectivity index (χ4v) is 1.61. The molecule has 0 amide bonds. The first kappa shape index (κ1) is 9.40. The molecule has 12 heavy (non-hydrogen) atoms. The molecule has 0 aromatic carbocycles. The van der Waals surface area contributed by atoms with Crippen molar-refractivity contribution in [2.75, 3.05) is 0 Å². The highest BCUT2D eigenvalue weighted by molar-refractivity contribution is 4.83. The maximum absolute atomic E-state index is 11.7. The summed E-state index contributed by atoms with van der Waals surface area (Å²) in [6.45, 7) is -2.67. The van der Waals surface area contributed by atoms with Gasteiger partial charge in [0.15, 0.2) is 0 Å². The highest BCUT2D eigenvalue weighted by atomic mass is 19.3. The number of rotatable bonds is 3. The number of hydrogen-bond donors (Lipinski definition) is 0. The SMILES string of the molecule is N#CCC1CCC(OC(F)F)C1. The van der Waals surface area contributed by atoms with Crippen LogP contribution in [0.2, 0.25) is 0 Å². The standard InChI is InChI=1S/C8H11F2NO/c9-8(10)12-7-2-1-6(5-7)3-4-11/h6-8H,1-3,5H2. The molecule has 68 valence electrons. The van der Waals surface area contributed by atoms with Gasteiger partial charge in [-0.1, -0.05) is 0 Å². The molecule has 1 rings (SSSR count). The molecule has 1 saturated carbocycles. The van der Waals surface area contributed by atoms with Crippen molar-refractivity contribution in [2.45, 2.75) is 38.4 Å². The van der Waals surface area contributed by atoms with E-state index >= 15 is 0 Å². The summed E-state index contributed by atoms with van der Waals surface area (Å²) in [5.41, 5.74) is 0. The lowest BCUT2D eigenvalue weighted by atomic mass is 10.1. The van der Waals surface area contributed by atoms with Crippen molar-refractivity contribution in [3.8, 4) is 6.07 Å². The second kappa shape index (κ2) is 4.36. The molecule has 0 aromatic heterocycles. The molecule has 1 fully saturated rings. The summed E-state index contributed by atoms with van der Waals surface area (Å²) in [4.78, 5) is 0. The van der Waals surface area contributed by atoms with Gasteiger partial charge >= 0.3 is 6.61 Å². The van der Waals surface area contributed by atoms with Crippen LogP contribution >= 0.6 is 0 Å². The van der Waals surface area contributed by atoms with Crippen LogP contribution in [0.25, 0.3) is 0 Å². The number of nitriles is 1. The third kappa shape index (κ3) is 2.74. The Bertz CT molecular complexity index is 178. The van der Waals surface area contributed by atoms with Crippen LogP contribution in [0, 0.1) is 17.2 Å². The van der Waals surface area contributed by atoms with E-state index in [0.29, 0.717) is 19.3 Å². The van der Waals surface area contributed by atoms with Crippen molar-refractivity contribution in [2.24, 2.45) is 5.92 Å². The summed E-state index contributed by atoms with van der Waals surface area (Å²) in [7, 11) is 0. The van der Waals surface area contributed by atoms with Crippen LogP contribution in [-0.2, 0) is 4.74 Å². The molecule has 4 heteroatoms. The maximum atomic E-state index is 11.7. The van der Waals surface area contributed by atoms with Gasteiger partial charge in [-0.05, 0) is 25.2 Å². The van der Waals surface area contributed by atoms with E-state index < -0.39 is 6.61 Å². The molecule has 1 aliphatic rings. The number of nitrogens with zero attached hydrogens (tertiary/aromatic N) is 1. The van der Waals surface area contributed by atoms with E-state index in [2.05, 4.69) is 4.74 Å². The molecule has 2 unspecified atom stereocenters. The van der Waals surface area contributed by atoms with Crippen molar-refractivity contribution in [3.05, 3.63) is 0 Å². The van der Waals surface area contributed by atoms with Crippen LogP contribution in [0.15, 0.2) is 0 Å². The van der Waals surface area contributed by atoms with E-state index in [0.717, 1.165) is 6.42 Å². The van der Waals surface area contributed by atoms with Crippen molar-refractivity contribution < 1.29 is 13.5 Å². The van der Waals surface area contributed by atoms with Crippen LogP contribution < -0.4 is 0 Å². The van der Waals surface area contributed by atoms with E-state index in [1.807, 2.05) is 6.07 Å². The summed E-state index contributed by atoms with van der Waals surface area (Å²) in [6.07, 6.45) is 2.24. The first-order chi connectivity index (χ1) is 5.72. The molecule has 0 aliphatic heterocycles. The lowest BCUT2D eigenvalue weighted by molar-refractivity contribution is -0.161. The van der Waals surface area contributed by atoms with E-state index in [-0.39, 0.29) is 12.0 Å². The number of ether oxygens (including phenoxy) is 1. The summed E-state index contributed by atoms with van der Waals surface area (Å²) < 4.78 is 27.8. The molecular weight excluding hydrogens is 164 g/mol. The lowest BCUT2D eigenvalue weighted by Crippen LogP contribution is -2.12. The van der Waals surface area contributed by atoms with Crippen LogP contribution in [0.5, 0.6) is 0 Å². The first-order valence-corrected chi connectivity index (χ1v) is 4.03. The minimum Gasteiger partial charge on any atom is -0.320 e. The molecule has 2 atom stereocenters. The van der Waals surface area contributed by atoms with Gasteiger partial charge in [0.05, 0.1) is 12.2 Å². The van der Waals surface area contributed by atoms with Gasteiger partial charge < -0.3 is 4.74 Å². The van der Waals surface area contributed by atoms with Crippen molar-refractivity contribution in [1.29, 1.82) is 5.26 Å². The average Bonchev–Trinajstić information content (AvgIpc) is 2.36. The zero-order chi connectivity index (χ0) is 8.97. The second-order valence-electron chi connectivity index (χ2n) is 3.06. The minimum absolute atomic E-state index is 0.263. The van der Waals surface area contributed by atoms with Crippen LogP contribution in [-0.4, -0.2) is 12.7 Å². The van der Waals surface area contributed by atoms with Gasteiger partial charge in [-0.2, -0.15) is 14.0 Å². The van der Waals surface area contributed by atoms with Crippen LogP contribution in [0.4, 0.5) is 8.78 Å². The van der Waals surface area contributed by atoms with Gasteiger partial charge in [-0.3, -0.25) is 0 Å². The second-order valence-corrected chi connectivity index (χ2v) is 3.06. The summed E-state index contributed by atoms with van der Waals surface area (Å²) in [5.74, 6) is 0.263. The summed E-state index contributed by atoms with van der Waals surface area (Å²) in [6, 6.07) is 2.04. The topological polar surface area (TPSA) is 33.0 Å². The predicted octanol–water partition coefficient (Wildman–Crippen LogP) is 2.31. The molecule has 0 saturated heterocycles.